The second kappa shape index (κ2) is 5.82. The van der Waals surface area contributed by atoms with Crippen LogP contribution in [0.3, 0.4) is 0 Å². The Labute approximate surface area is 93.7 Å². The van der Waals surface area contributed by atoms with E-state index in [4.69, 9.17) is 4.74 Å². The highest BCUT2D eigenvalue weighted by Crippen LogP contribution is 2.17. The number of nitrogens with one attached hydrogen (secondary N) is 1. The van der Waals surface area contributed by atoms with Crippen molar-refractivity contribution in [2.24, 2.45) is 0 Å². The summed E-state index contributed by atoms with van der Waals surface area (Å²) >= 11 is 1.57. The molecule has 5 heteroatoms. The van der Waals surface area contributed by atoms with Crippen LogP contribution in [-0.2, 0) is 16.1 Å². The predicted molar refractivity (Wildman–Crippen MR) is 59.9 cm³/mol. The quantitative estimate of drug-likeness (QED) is 0.831. The van der Waals surface area contributed by atoms with E-state index in [1.165, 1.54) is 7.11 Å². The van der Waals surface area contributed by atoms with Crippen LogP contribution in [-0.4, -0.2) is 24.6 Å². The minimum atomic E-state index is -0.112. The van der Waals surface area contributed by atoms with Crippen molar-refractivity contribution in [1.82, 2.24) is 10.3 Å². The topological polar surface area (TPSA) is 51.2 Å². The predicted octanol–water partition coefficient (Wildman–Crippen LogP) is 1.53. The van der Waals surface area contributed by atoms with Crippen molar-refractivity contribution >= 4 is 17.2 Å². The van der Waals surface area contributed by atoms with Gasteiger partial charge in [0.05, 0.1) is 12.2 Å². The zero-order chi connectivity index (χ0) is 11.3. The van der Waals surface area contributed by atoms with Crippen molar-refractivity contribution in [3.05, 3.63) is 16.1 Å². The van der Waals surface area contributed by atoms with Crippen LogP contribution in [0, 0.1) is 0 Å². The molecule has 1 rings (SSSR count). The van der Waals surface area contributed by atoms with Crippen molar-refractivity contribution in [3.63, 3.8) is 0 Å². The number of carbonyl (C=O) groups excluding carboxylic acids is 1. The maximum Gasteiger partial charge on any atom is 0.246 e. The van der Waals surface area contributed by atoms with Crippen molar-refractivity contribution in [2.75, 3.05) is 13.7 Å². The van der Waals surface area contributed by atoms with Gasteiger partial charge in [-0.2, -0.15) is 0 Å². The number of thiazole rings is 1. The minimum absolute atomic E-state index is 0.0996. The van der Waals surface area contributed by atoms with E-state index in [-0.39, 0.29) is 12.5 Å². The van der Waals surface area contributed by atoms with Crippen LogP contribution in [0.4, 0.5) is 0 Å². The van der Waals surface area contributed by atoms with Gasteiger partial charge in [0.25, 0.3) is 0 Å². The van der Waals surface area contributed by atoms with Crippen LogP contribution in [0.1, 0.15) is 30.5 Å². The molecule has 0 atom stereocenters. The minimum Gasteiger partial charge on any atom is -0.375 e. The number of aromatic nitrogens is 1. The first-order chi connectivity index (χ1) is 7.13. The molecule has 0 saturated heterocycles. The van der Waals surface area contributed by atoms with Gasteiger partial charge in [-0.05, 0) is 5.92 Å². The molecule has 84 valence electrons. The molecule has 0 aliphatic carbocycles. The van der Waals surface area contributed by atoms with Crippen LogP contribution in [0.2, 0.25) is 0 Å². The van der Waals surface area contributed by atoms with Crippen molar-refractivity contribution in [1.29, 1.82) is 0 Å². The molecular formula is C10H16N2O2S. The summed E-state index contributed by atoms with van der Waals surface area (Å²) in [5.41, 5.74) is 1.08. The third kappa shape index (κ3) is 3.97. The lowest BCUT2D eigenvalue weighted by molar-refractivity contribution is -0.124. The summed E-state index contributed by atoms with van der Waals surface area (Å²) in [5, 5.41) is 5.70. The summed E-state index contributed by atoms with van der Waals surface area (Å²) in [6.07, 6.45) is 0. The molecule has 0 spiro atoms. The molecule has 4 nitrogen and oxygen atoms in total. The molecule has 1 N–H and O–H groups in total. The highest BCUT2D eigenvalue weighted by Gasteiger charge is 2.06. The standard InChI is InChI=1S/C10H16N2O2S/c1-7(2)8-6-15-10(12-8)4-11-9(13)5-14-3/h6-7H,4-5H2,1-3H3,(H,11,13). The Morgan fingerprint density at radius 2 is 2.40 bits per heavy atom. The first-order valence-electron chi connectivity index (χ1n) is 4.83. The number of ether oxygens (including phenoxy) is 1. The summed E-state index contributed by atoms with van der Waals surface area (Å²) in [7, 11) is 1.50. The van der Waals surface area contributed by atoms with Gasteiger partial charge in [0.15, 0.2) is 0 Å². The highest BCUT2D eigenvalue weighted by molar-refractivity contribution is 7.09. The highest BCUT2D eigenvalue weighted by atomic mass is 32.1. The normalized spacial score (nSPS) is 10.7. The Bertz CT molecular complexity index is 323. The van der Waals surface area contributed by atoms with Crippen molar-refractivity contribution in [2.45, 2.75) is 26.3 Å². The molecule has 1 amide bonds. The Morgan fingerprint density at radius 1 is 1.67 bits per heavy atom. The fourth-order valence-electron chi connectivity index (χ4n) is 1.03. The third-order valence-corrected chi connectivity index (χ3v) is 2.74. The summed E-state index contributed by atoms with van der Waals surface area (Å²) in [5.74, 6) is 0.323. The smallest absolute Gasteiger partial charge is 0.246 e. The van der Waals surface area contributed by atoms with Gasteiger partial charge in [0.1, 0.15) is 11.6 Å². The molecule has 0 aliphatic heterocycles. The number of methoxy groups -OCH3 is 1. The zero-order valence-corrected chi connectivity index (χ0v) is 10.1. The first-order valence-corrected chi connectivity index (χ1v) is 5.71. The molecule has 0 saturated carbocycles. The van der Waals surface area contributed by atoms with E-state index in [2.05, 4.69) is 24.1 Å². The second-order valence-corrected chi connectivity index (χ2v) is 4.47. The Morgan fingerprint density at radius 3 is 2.93 bits per heavy atom. The van der Waals surface area contributed by atoms with Crippen LogP contribution in [0.25, 0.3) is 0 Å². The number of nitrogens with zero attached hydrogens (tertiary/aromatic N) is 1. The lowest BCUT2D eigenvalue weighted by atomic mass is 10.2. The lowest BCUT2D eigenvalue weighted by Gasteiger charge is -2.01. The van der Waals surface area contributed by atoms with E-state index < -0.39 is 0 Å². The average Bonchev–Trinajstić information content (AvgIpc) is 2.63. The molecule has 1 heterocycles. The molecule has 0 unspecified atom stereocenters. The zero-order valence-electron chi connectivity index (χ0n) is 9.24. The largest absolute Gasteiger partial charge is 0.375 e. The SMILES string of the molecule is COCC(=O)NCc1nc(C(C)C)cs1. The summed E-state index contributed by atoms with van der Waals surface area (Å²) in [6, 6.07) is 0. The van der Waals surface area contributed by atoms with Crippen LogP contribution in [0.15, 0.2) is 5.38 Å². The van der Waals surface area contributed by atoms with E-state index in [0.29, 0.717) is 12.5 Å². The molecule has 0 bridgehead atoms. The third-order valence-electron chi connectivity index (χ3n) is 1.87. The van der Waals surface area contributed by atoms with Gasteiger partial charge < -0.3 is 10.1 Å². The number of amides is 1. The molecule has 0 aromatic carbocycles. The molecule has 0 aliphatic rings. The number of hydrogen-bond donors (Lipinski definition) is 1. The molecule has 0 fully saturated rings. The first kappa shape index (κ1) is 12.1. The van der Waals surface area contributed by atoms with E-state index in [0.717, 1.165) is 10.7 Å². The van der Waals surface area contributed by atoms with Gasteiger partial charge in [-0.25, -0.2) is 4.98 Å². The molecular weight excluding hydrogens is 212 g/mol. The van der Waals surface area contributed by atoms with Crippen LogP contribution in [0.5, 0.6) is 0 Å². The number of rotatable bonds is 5. The van der Waals surface area contributed by atoms with Gasteiger partial charge in [-0.3, -0.25) is 4.79 Å². The van der Waals surface area contributed by atoms with Gasteiger partial charge in [0, 0.05) is 12.5 Å². The Balaban J connectivity index is 2.41. The maximum atomic E-state index is 11.1. The van der Waals surface area contributed by atoms with Gasteiger partial charge in [-0.15, -0.1) is 11.3 Å². The van der Waals surface area contributed by atoms with Gasteiger partial charge >= 0.3 is 0 Å². The van der Waals surface area contributed by atoms with E-state index >= 15 is 0 Å². The van der Waals surface area contributed by atoms with Crippen LogP contribution < -0.4 is 5.32 Å². The van der Waals surface area contributed by atoms with E-state index in [1.807, 2.05) is 5.38 Å². The maximum absolute atomic E-state index is 11.1. The lowest BCUT2D eigenvalue weighted by Crippen LogP contribution is -2.26. The summed E-state index contributed by atoms with van der Waals surface area (Å²) < 4.78 is 4.71. The average molecular weight is 228 g/mol. The van der Waals surface area contributed by atoms with E-state index in [1.54, 1.807) is 11.3 Å². The number of hydrogen-bond acceptors (Lipinski definition) is 4. The van der Waals surface area contributed by atoms with Gasteiger partial charge in [-0.1, -0.05) is 13.8 Å². The molecule has 0 radical (unpaired) electrons. The molecule has 1 aromatic heterocycles. The molecule has 15 heavy (non-hydrogen) atoms. The number of carbonyl (C=O) groups is 1. The fourth-order valence-corrected chi connectivity index (χ4v) is 1.92. The summed E-state index contributed by atoms with van der Waals surface area (Å²) in [6.45, 7) is 4.78. The molecule has 1 aromatic rings. The van der Waals surface area contributed by atoms with Crippen LogP contribution >= 0.6 is 11.3 Å². The van der Waals surface area contributed by atoms with Gasteiger partial charge in [0.2, 0.25) is 5.91 Å². The van der Waals surface area contributed by atoms with Crippen molar-refractivity contribution < 1.29 is 9.53 Å². The Hall–Kier alpha value is -0.940. The van der Waals surface area contributed by atoms with E-state index in [9.17, 15) is 4.79 Å². The second-order valence-electron chi connectivity index (χ2n) is 3.53. The summed E-state index contributed by atoms with van der Waals surface area (Å²) in [4.78, 5) is 15.5. The fraction of sp³-hybridized carbons (Fsp3) is 0.600. The van der Waals surface area contributed by atoms with Crippen molar-refractivity contribution in [3.8, 4) is 0 Å². The Kier molecular flexibility index (Phi) is 4.71. The monoisotopic (exact) mass is 228 g/mol.